The van der Waals surface area contributed by atoms with E-state index in [1.165, 1.54) is 11.2 Å². The van der Waals surface area contributed by atoms with Gasteiger partial charge in [-0.2, -0.15) is 5.10 Å². The van der Waals surface area contributed by atoms with E-state index in [0.717, 1.165) is 0 Å². The Bertz CT molecular complexity index is 570. The van der Waals surface area contributed by atoms with Gasteiger partial charge in [-0.1, -0.05) is 12.1 Å². The van der Waals surface area contributed by atoms with Crippen LogP contribution in [-0.4, -0.2) is 64.4 Å². The molecule has 22 heavy (non-hydrogen) atoms. The Morgan fingerprint density at radius 3 is 2.59 bits per heavy atom. The molecular formula is C14H19N5O3. The highest BCUT2D eigenvalue weighted by Crippen LogP contribution is 2.18. The van der Waals surface area contributed by atoms with E-state index in [1.807, 2.05) is 0 Å². The van der Waals surface area contributed by atoms with Crippen LogP contribution < -0.4 is 5.32 Å². The topological polar surface area (TPSA) is 125 Å². The second-order valence-electron chi connectivity index (χ2n) is 4.61. The van der Waals surface area contributed by atoms with E-state index in [0.29, 0.717) is 23.5 Å². The van der Waals surface area contributed by atoms with Crippen molar-refractivity contribution < 1.29 is 15.3 Å². The highest BCUT2D eigenvalue weighted by atomic mass is 16.3. The lowest BCUT2D eigenvalue weighted by molar-refractivity contribution is 0.129. The van der Waals surface area contributed by atoms with Crippen LogP contribution in [0.2, 0.25) is 0 Å². The van der Waals surface area contributed by atoms with Crippen molar-refractivity contribution in [3.63, 3.8) is 0 Å². The van der Waals surface area contributed by atoms with Crippen molar-refractivity contribution in [2.75, 3.05) is 26.3 Å². The molecule has 1 aromatic rings. The second-order valence-corrected chi connectivity index (χ2v) is 4.61. The number of hydrazone groups is 1. The number of rotatable bonds is 7. The third-order valence-electron chi connectivity index (χ3n) is 3.04. The average molecular weight is 305 g/mol. The van der Waals surface area contributed by atoms with Crippen LogP contribution in [0.15, 0.2) is 34.4 Å². The smallest absolute Gasteiger partial charge is 0.169 e. The van der Waals surface area contributed by atoms with E-state index >= 15 is 0 Å². The first-order valence-electron chi connectivity index (χ1n) is 6.88. The zero-order chi connectivity index (χ0) is 15.9. The van der Waals surface area contributed by atoms with Crippen molar-refractivity contribution in [2.24, 2.45) is 10.1 Å². The van der Waals surface area contributed by atoms with Crippen molar-refractivity contribution in [2.45, 2.75) is 6.23 Å². The molecular weight excluding hydrogens is 286 g/mol. The third-order valence-corrected chi connectivity index (χ3v) is 3.04. The van der Waals surface area contributed by atoms with Gasteiger partial charge in [0.2, 0.25) is 0 Å². The predicted molar refractivity (Wildman–Crippen MR) is 83.6 cm³/mol. The standard InChI is InChI=1S/C14H19N5O3/c15-13-12(9-17-19(13)6-8-21)18-11-3-1-10(2-4-11)14(22)16-5-7-20/h1-4,9,14-16,20-22H,5-8H2. The summed E-state index contributed by atoms with van der Waals surface area (Å²) < 4.78 is 0. The lowest BCUT2D eigenvalue weighted by atomic mass is 10.2. The highest BCUT2D eigenvalue weighted by Gasteiger charge is 2.19. The summed E-state index contributed by atoms with van der Waals surface area (Å²) in [5, 5.41) is 43.4. The largest absolute Gasteiger partial charge is 0.395 e. The average Bonchev–Trinajstić information content (AvgIpc) is 2.87. The molecule has 1 heterocycles. The van der Waals surface area contributed by atoms with Crippen LogP contribution in [0.25, 0.3) is 0 Å². The Kier molecular flexibility index (Phi) is 5.73. The molecule has 0 amide bonds. The van der Waals surface area contributed by atoms with Gasteiger partial charge in [0, 0.05) is 6.54 Å². The summed E-state index contributed by atoms with van der Waals surface area (Å²) >= 11 is 0. The Morgan fingerprint density at radius 2 is 1.95 bits per heavy atom. The minimum Gasteiger partial charge on any atom is -0.395 e. The summed E-state index contributed by atoms with van der Waals surface area (Å²) in [6.45, 7) is 0.435. The van der Waals surface area contributed by atoms with Crippen LogP contribution in [0.3, 0.4) is 0 Å². The number of hydrogen-bond acceptors (Lipinski definition) is 7. The fourth-order valence-corrected chi connectivity index (χ4v) is 1.91. The first kappa shape index (κ1) is 16.2. The number of aliphatic hydroxyl groups excluding tert-OH is 3. The summed E-state index contributed by atoms with van der Waals surface area (Å²) in [4.78, 5) is 4.31. The molecule has 0 saturated heterocycles. The van der Waals surface area contributed by atoms with E-state index in [9.17, 15) is 5.11 Å². The molecule has 0 fully saturated rings. The van der Waals surface area contributed by atoms with Crippen LogP contribution in [0.5, 0.6) is 0 Å². The minimum atomic E-state index is -0.847. The summed E-state index contributed by atoms with van der Waals surface area (Å²) in [7, 11) is 0. The minimum absolute atomic E-state index is 0.0470. The molecule has 1 aliphatic rings. The Morgan fingerprint density at radius 1 is 1.23 bits per heavy atom. The van der Waals surface area contributed by atoms with Gasteiger partial charge in [-0.3, -0.25) is 10.7 Å². The maximum absolute atomic E-state index is 9.82. The molecule has 1 atom stereocenters. The van der Waals surface area contributed by atoms with E-state index in [2.05, 4.69) is 15.4 Å². The summed E-state index contributed by atoms with van der Waals surface area (Å²) in [5.41, 5.74) is 1.71. The van der Waals surface area contributed by atoms with Crippen molar-refractivity contribution in [1.29, 1.82) is 5.41 Å². The molecule has 1 unspecified atom stereocenters. The predicted octanol–water partition coefficient (Wildman–Crippen LogP) is -0.397. The van der Waals surface area contributed by atoms with E-state index < -0.39 is 6.23 Å². The van der Waals surface area contributed by atoms with Gasteiger partial charge in [-0.25, -0.2) is 10.0 Å². The Labute approximate surface area is 127 Å². The normalized spacial score (nSPS) is 17.5. The van der Waals surface area contributed by atoms with Crippen LogP contribution in [-0.2, 0) is 0 Å². The van der Waals surface area contributed by atoms with Crippen LogP contribution >= 0.6 is 0 Å². The number of benzene rings is 1. The first-order chi connectivity index (χ1) is 10.7. The van der Waals surface area contributed by atoms with Crippen LogP contribution in [0.1, 0.15) is 11.8 Å². The zero-order valence-electron chi connectivity index (χ0n) is 12.0. The molecule has 8 nitrogen and oxygen atoms in total. The molecule has 8 heteroatoms. The van der Waals surface area contributed by atoms with Gasteiger partial charge in [0.25, 0.3) is 0 Å². The maximum atomic E-state index is 9.82. The summed E-state index contributed by atoms with van der Waals surface area (Å²) in [6.07, 6.45) is 0.629. The summed E-state index contributed by atoms with van der Waals surface area (Å²) in [5.74, 6) is 0.141. The lowest BCUT2D eigenvalue weighted by Gasteiger charge is -2.12. The van der Waals surface area contributed by atoms with Gasteiger partial charge in [0.05, 0.1) is 31.7 Å². The second kappa shape index (κ2) is 7.76. The van der Waals surface area contributed by atoms with E-state index in [-0.39, 0.29) is 25.6 Å². The van der Waals surface area contributed by atoms with Gasteiger partial charge in [0.1, 0.15) is 11.9 Å². The monoisotopic (exact) mass is 305 g/mol. The number of aliphatic imine (C=N–C) groups is 1. The van der Waals surface area contributed by atoms with Gasteiger partial charge in [-0.05, 0) is 17.7 Å². The van der Waals surface area contributed by atoms with Crippen molar-refractivity contribution >= 4 is 23.4 Å². The van der Waals surface area contributed by atoms with Crippen molar-refractivity contribution in [1.82, 2.24) is 10.3 Å². The maximum Gasteiger partial charge on any atom is 0.169 e. The van der Waals surface area contributed by atoms with E-state index in [4.69, 9.17) is 15.6 Å². The number of hydrogen-bond donors (Lipinski definition) is 5. The van der Waals surface area contributed by atoms with Crippen molar-refractivity contribution in [3.05, 3.63) is 29.8 Å². The van der Waals surface area contributed by atoms with Crippen molar-refractivity contribution in [3.8, 4) is 0 Å². The Balaban J connectivity index is 2.04. The van der Waals surface area contributed by atoms with Crippen LogP contribution in [0, 0.1) is 5.41 Å². The molecule has 0 spiro atoms. The van der Waals surface area contributed by atoms with Gasteiger partial charge in [0.15, 0.2) is 5.84 Å². The molecule has 0 saturated carbocycles. The lowest BCUT2D eigenvalue weighted by Crippen LogP contribution is -2.28. The first-order valence-corrected chi connectivity index (χ1v) is 6.88. The fourth-order valence-electron chi connectivity index (χ4n) is 1.91. The molecule has 0 radical (unpaired) electrons. The number of nitrogens with one attached hydrogen (secondary N) is 2. The highest BCUT2D eigenvalue weighted by molar-refractivity contribution is 6.63. The Hall–Kier alpha value is -2.13. The fraction of sp³-hybridized carbons (Fsp3) is 0.357. The molecule has 1 aliphatic heterocycles. The third kappa shape index (κ3) is 3.95. The number of β-amino-alcohol motifs (C(OH)–C–C–N with tert-alkyl or cyclic N) is 1. The molecule has 5 N–H and O–H groups in total. The van der Waals surface area contributed by atoms with Gasteiger partial charge in [-0.15, -0.1) is 0 Å². The van der Waals surface area contributed by atoms with Gasteiger partial charge < -0.3 is 15.3 Å². The van der Waals surface area contributed by atoms with Gasteiger partial charge >= 0.3 is 0 Å². The number of amidine groups is 1. The number of nitrogens with zero attached hydrogens (tertiary/aromatic N) is 3. The number of aliphatic hydroxyl groups is 3. The molecule has 1 aromatic carbocycles. The van der Waals surface area contributed by atoms with E-state index in [1.54, 1.807) is 24.3 Å². The molecule has 2 rings (SSSR count). The molecule has 0 aliphatic carbocycles. The molecule has 0 bridgehead atoms. The quantitative estimate of drug-likeness (QED) is 0.439. The zero-order valence-corrected chi connectivity index (χ0v) is 12.0. The SMILES string of the molecule is N=C1C(=Nc2ccc(C(O)NCCO)cc2)C=NN1CCO. The van der Waals surface area contributed by atoms with Crippen LogP contribution in [0.4, 0.5) is 5.69 Å². The molecule has 0 aromatic heterocycles. The summed E-state index contributed by atoms with van der Waals surface area (Å²) in [6, 6.07) is 6.88. The molecule has 118 valence electrons.